The summed E-state index contributed by atoms with van der Waals surface area (Å²) < 4.78 is 10.8. The Balaban J connectivity index is 2.63. The number of ketones is 1. The molecule has 0 aliphatic rings. The van der Waals surface area contributed by atoms with Crippen LogP contribution in [0.1, 0.15) is 35.7 Å². The normalized spacial score (nSPS) is 10.9. The zero-order valence-corrected chi connectivity index (χ0v) is 12.9. The molecule has 0 spiro atoms. The maximum absolute atomic E-state index is 12.2. The van der Waals surface area contributed by atoms with Gasteiger partial charge in [0.2, 0.25) is 0 Å². The van der Waals surface area contributed by atoms with Gasteiger partial charge in [0.05, 0.1) is 6.61 Å². The van der Waals surface area contributed by atoms with E-state index in [2.05, 4.69) is 0 Å². The highest BCUT2D eigenvalue weighted by molar-refractivity contribution is 6.01. The molecule has 1 heterocycles. The first-order chi connectivity index (χ1) is 10.5. The minimum absolute atomic E-state index is 0.0919. The van der Waals surface area contributed by atoms with Gasteiger partial charge < -0.3 is 9.15 Å². The van der Waals surface area contributed by atoms with Gasteiger partial charge in [0, 0.05) is 5.56 Å². The summed E-state index contributed by atoms with van der Waals surface area (Å²) >= 11 is 0. The van der Waals surface area contributed by atoms with Crippen LogP contribution < -0.4 is 0 Å². The van der Waals surface area contributed by atoms with Crippen LogP contribution in [0, 0.1) is 6.92 Å². The van der Waals surface area contributed by atoms with Crippen LogP contribution in [0.25, 0.3) is 17.2 Å². The molecule has 114 valence electrons. The number of rotatable bonds is 5. The topological polar surface area (TPSA) is 56.5 Å². The van der Waals surface area contributed by atoms with Crippen molar-refractivity contribution in [3.8, 4) is 11.1 Å². The van der Waals surface area contributed by atoms with Crippen molar-refractivity contribution in [3.05, 3.63) is 53.5 Å². The van der Waals surface area contributed by atoms with Crippen LogP contribution >= 0.6 is 0 Å². The summed E-state index contributed by atoms with van der Waals surface area (Å²) in [7, 11) is 0. The second-order valence-electron chi connectivity index (χ2n) is 4.80. The van der Waals surface area contributed by atoms with E-state index in [4.69, 9.17) is 9.15 Å². The molecule has 2 rings (SSSR count). The summed E-state index contributed by atoms with van der Waals surface area (Å²) in [5.74, 6) is 0.429. The molecule has 0 saturated carbocycles. The Bertz CT molecular complexity index is 708. The minimum Gasteiger partial charge on any atom is -0.462 e. The van der Waals surface area contributed by atoms with Crippen molar-refractivity contribution in [1.29, 1.82) is 0 Å². The third-order valence-corrected chi connectivity index (χ3v) is 3.12. The van der Waals surface area contributed by atoms with Crippen molar-refractivity contribution in [2.75, 3.05) is 6.61 Å². The van der Waals surface area contributed by atoms with E-state index in [-0.39, 0.29) is 12.4 Å². The molecule has 0 unspecified atom stereocenters. The van der Waals surface area contributed by atoms with Gasteiger partial charge in [-0.25, -0.2) is 4.79 Å². The van der Waals surface area contributed by atoms with Crippen LogP contribution in [-0.4, -0.2) is 18.4 Å². The third-order valence-electron chi connectivity index (χ3n) is 3.12. The zero-order valence-electron chi connectivity index (χ0n) is 12.9. The fourth-order valence-corrected chi connectivity index (χ4v) is 2.22. The highest BCUT2D eigenvalue weighted by atomic mass is 16.5. The lowest BCUT2D eigenvalue weighted by atomic mass is 10.00. The van der Waals surface area contributed by atoms with E-state index in [0.717, 1.165) is 5.56 Å². The molecule has 4 heteroatoms. The molecular formula is C18H18O4. The van der Waals surface area contributed by atoms with E-state index >= 15 is 0 Å². The predicted octanol–water partition coefficient (Wildman–Crippen LogP) is 4.03. The van der Waals surface area contributed by atoms with E-state index in [0.29, 0.717) is 22.6 Å². The average molecular weight is 298 g/mol. The van der Waals surface area contributed by atoms with Crippen molar-refractivity contribution in [3.63, 3.8) is 0 Å². The zero-order chi connectivity index (χ0) is 16.1. The fourth-order valence-electron chi connectivity index (χ4n) is 2.22. The lowest BCUT2D eigenvalue weighted by Crippen LogP contribution is -2.06. The Morgan fingerprint density at radius 2 is 1.91 bits per heavy atom. The SMILES string of the molecule is CCOC(=O)c1c(C)oc(/C=C/C(C)=O)c1-c1ccccc1. The number of esters is 1. The van der Waals surface area contributed by atoms with Gasteiger partial charge in [-0.1, -0.05) is 30.3 Å². The summed E-state index contributed by atoms with van der Waals surface area (Å²) in [6.07, 6.45) is 3.00. The maximum atomic E-state index is 12.2. The molecule has 0 aliphatic heterocycles. The Morgan fingerprint density at radius 1 is 1.23 bits per heavy atom. The van der Waals surface area contributed by atoms with Crippen molar-refractivity contribution >= 4 is 17.8 Å². The van der Waals surface area contributed by atoms with Crippen LogP contribution in [-0.2, 0) is 9.53 Å². The van der Waals surface area contributed by atoms with Crippen LogP contribution in [0.2, 0.25) is 0 Å². The Labute approximate surface area is 129 Å². The lowest BCUT2D eigenvalue weighted by molar-refractivity contribution is -0.112. The number of benzene rings is 1. The van der Waals surface area contributed by atoms with E-state index in [1.165, 1.54) is 13.0 Å². The molecule has 0 bridgehead atoms. The second kappa shape index (κ2) is 6.89. The average Bonchev–Trinajstić information content (AvgIpc) is 2.83. The first kappa shape index (κ1) is 15.8. The van der Waals surface area contributed by atoms with Crippen molar-refractivity contribution in [1.82, 2.24) is 0 Å². The number of carbonyl (C=O) groups is 2. The largest absolute Gasteiger partial charge is 0.462 e. The molecule has 0 saturated heterocycles. The van der Waals surface area contributed by atoms with Crippen LogP contribution in [0.4, 0.5) is 0 Å². The standard InChI is InChI=1S/C18H18O4/c1-4-21-18(20)16-13(3)22-15(11-10-12(2)19)17(16)14-8-6-5-7-9-14/h5-11H,4H2,1-3H3/b11-10+. The first-order valence-electron chi connectivity index (χ1n) is 7.09. The van der Waals surface area contributed by atoms with Gasteiger partial charge in [-0.15, -0.1) is 0 Å². The molecule has 1 aromatic carbocycles. The van der Waals surface area contributed by atoms with E-state index in [1.54, 1.807) is 19.9 Å². The molecule has 1 aromatic heterocycles. The molecule has 2 aromatic rings. The molecule has 22 heavy (non-hydrogen) atoms. The predicted molar refractivity (Wildman–Crippen MR) is 84.6 cm³/mol. The van der Waals surface area contributed by atoms with Crippen molar-refractivity contribution in [2.45, 2.75) is 20.8 Å². The Hall–Kier alpha value is -2.62. The highest BCUT2D eigenvalue weighted by Gasteiger charge is 2.24. The van der Waals surface area contributed by atoms with E-state index in [9.17, 15) is 9.59 Å². The molecule has 0 aliphatic carbocycles. The first-order valence-corrected chi connectivity index (χ1v) is 7.09. The quantitative estimate of drug-likeness (QED) is 0.617. The third kappa shape index (κ3) is 3.34. The fraction of sp³-hybridized carbons (Fsp3) is 0.222. The number of hydrogen-bond donors (Lipinski definition) is 0. The summed E-state index contributed by atoms with van der Waals surface area (Å²) in [6.45, 7) is 5.22. The lowest BCUT2D eigenvalue weighted by Gasteiger charge is -2.05. The number of hydrogen-bond acceptors (Lipinski definition) is 4. The number of allylic oxidation sites excluding steroid dienone is 1. The minimum atomic E-state index is -0.426. The summed E-state index contributed by atoms with van der Waals surface area (Å²) in [5.41, 5.74) is 1.89. The van der Waals surface area contributed by atoms with Crippen LogP contribution in [0.3, 0.4) is 0 Å². The van der Waals surface area contributed by atoms with Crippen LogP contribution in [0.5, 0.6) is 0 Å². The molecule has 0 atom stereocenters. The van der Waals surface area contributed by atoms with Gasteiger partial charge in [0.15, 0.2) is 5.78 Å². The van der Waals surface area contributed by atoms with Gasteiger partial charge in [0.1, 0.15) is 17.1 Å². The van der Waals surface area contributed by atoms with Gasteiger partial charge in [0.25, 0.3) is 0 Å². The molecule has 0 amide bonds. The molecule has 0 fully saturated rings. The van der Waals surface area contributed by atoms with Gasteiger partial charge in [-0.2, -0.15) is 0 Å². The smallest absolute Gasteiger partial charge is 0.342 e. The Kier molecular flexibility index (Phi) is 4.94. The summed E-state index contributed by atoms with van der Waals surface area (Å²) in [5, 5.41) is 0. The van der Waals surface area contributed by atoms with Crippen LogP contribution in [0.15, 0.2) is 40.8 Å². The number of aryl methyl sites for hydroxylation is 1. The van der Waals surface area contributed by atoms with Crippen molar-refractivity contribution in [2.24, 2.45) is 0 Å². The van der Waals surface area contributed by atoms with E-state index < -0.39 is 5.97 Å². The number of furan rings is 1. The van der Waals surface area contributed by atoms with E-state index in [1.807, 2.05) is 30.3 Å². The molecule has 0 radical (unpaired) electrons. The molecule has 4 nitrogen and oxygen atoms in total. The van der Waals surface area contributed by atoms with Crippen molar-refractivity contribution < 1.29 is 18.7 Å². The molecular weight excluding hydrogens is 280 g/mol. The summed E-state index contributed by atoms with van der Waals surface area (Å²) in [4.78, 5) is 23.4. The molecule has 0 N–H and O–H groups in total. The Morgan fingerprint density at radius 3 is 2.50 bits per heavy atom. The van der Waals surface area contributed by atoms with Gasteiger partial charge in [-0.3, -0.25) is 4.79 Å². The number of ether oxygens (including phenoxy) is 1. The highest BCUT2D eigenvalue weighted by Crippen LogP contribution is 2.34. The van der Waals surface area contributed by atoms with Gasteiger partial charge >= 0.3 is 5.97 Å². The number of carbonyl (C=O) groups excluding carboxylic acids is 2. The van der Waals surface area contributed by atoms with Gasteiger partial charge in [-0.05, 0) is 38.5 Å². The summed E-state index contributed by atoms with van der Waals surface area (Å²) in [6, 6.07) is 9.43. The second-order valence-corrected chi connectivity index (χ2v) is 4.80. The maximum Gasteiger partial charge on any atom is 0.342 e. The monoisotopic (exact) mass is 298 g/mol.